The fraction of sp³-hybridized carbons (Fsp3) is 0.429. The number of hydrogen-bond donors (Lipinski definition) is 1. The molecule has 0 atom stereocenters. The molecule has 1 fully saturated rings. The van der Waals surface area contributed by atoms with Crippen molar-refractivity contribution in [1.29, 1.82) is 0 Å². The van der Waals surface area contributed by atoms with Gasteiger partial charge in [0.1, 0.15) is 0 Å². The van der Waals surface area contributed by atoms with E-state index in [1.807, 2.05) is 11.4 Å². The lowest BCUT2D eigenvalue weighted by molar-refractivity contribution is 0.0688. The summed E-state index contributed by atoms with van der Waals surface area (Å²) < 4.78 is 1.79. The van der Waals surface area contributed by atoms with E-state index in [9.17, 15) is 4.79 Å². The van der Waals surface area contributed by atoms with E-state index in [2.05, 4.69) is 10.00 Å². The summed E-state index contributed by atoms with van der Waals surface area (Å²) in [5.74, 6) is -0.972. The Hall–Kier alpha value is -1.37. The van der Waals surface area contributed by atoms with E-state index in [4.69, 9.17) is 16.7 Å². The molecule has 5 nitrogen and oxygen atoms in total. The number of aromatic carboxylic acids is 1. The van der Waals surface area contributed by atoms with Crippen molar-refractivity contribution < 1.29 is 9.90 Å². The number of nitrogens with zero attached hydrogens (tertiary/aromatic N) is 3. The SMILES string of the molecule is O=C(O)c1ccn(C2CCN(Cc3cc(Cl)cs3)CC2)n1. The predicted octanol–water partition coefficient (Wildman–Crippen LogP) is 3.13. The number of rotatable bonds is 4. The van der Waals surface area contributed by atoms with E-state index in [0.29, 0.717) is 6.04 Å². The van der Waals surface area contributed by atoms with Crippen LogP contribution in [0.2, 0.25) is 5.02 Å². The highest BCUT2D eigenvalue weighted by Crippen LogP contribution is 2.25. The molecule has 2 aromatic heterocycles. The van der Waals surface area contributed by atoms with Gasteiger partial charge < -0.3 is 5.11 Å². The Morgan fingerprint density at radius 3 is 2.81 bits per heavy atom. The highest BCUT2D eigenvalue weighted by atomic mass is 35.5. The second-order valence-electron chi connectivity index (χ2n) is 5.22. The van der Waals surface area contributed by atoms with Crippen molar-refractivity contribution in [2.75, 3.05) is 13.1 Å². The molecule has 1 aliphatic rings. The van der Waals surface area contributed by atoms with Crippen LogP contribution in [0.3, 0.4) is 0 Å². The molecule has 0 aromatic carbocycles. The van der Waals surface area contributed by atoms with Crippen LogP contribution in [0.15, 0.2) is 23.7 Å². The van der Waals surface area contributed by atoms with Crippen molar-refractivity contribution in [2.45, 2.75) is 25.4 Å². The van der Waals surface area contributed by atoms with Crippen molar-refractivity contribution in [1.82, 2.24) is 14.7 Å². The predicted molar refractivity (Wildman–Crippen MR) is 82.1 cm³/mol. The first-order valence-corrected chi connectivity index (χ1v) is 8.11. The monoisotopic (exact) mass is 325 g/mol. The minimum atomic E-state index is -0.972. The highest BCUT2D eigenvalue weighted by molar-refractivity contribution is 7.10. The Bertz CT molecular complexity index is 632. The van der Waals surface area contributed by atoms with Gasteiger partial charge in [-0.3, -0.25) is 9.58 Å². The number of thiophene rings is 1. The molecule has 3 rings (SSSR count). The maximum Gasteiger partial charge on any atom is 0.356 e. The molecule has 112 valence electrons. The summed E-state index contributed by atoms with van der Waals surface area (Å²) in [6.07, 6.45) is 3.74. The van der Waals surface area contributed by atoms with Gasteiger partial charge in [0.25, 0.3) is 0 Å². The van der Waals surface area contributed by atoms with Gasteiger partial charge in [-0.1, -0.05) is 11.6 Å². The largest absolute Gasteiger partial charge is 0.476 e. The van der Waals surface area contributed by atoms with E-state index in [1.54, 1.807) is 28.3 Å². The van der Waals surface area contributed by atoms with Gasteiger partial charge >= 0.3 is 5.97 Å². The molecule has 0 saturated carbocycles. The average Bonchev–Trinajstić information content (AvgIpc) is 3.09. The van der Waals surface area contributed by atoms with Crippen LogP contribution in [0.5, 0.6) is 0 Å². The first kappa shape index (κ1) is 14.6. The molecule has 2 aromatic rings. The topological polar surface area (TPSA) is 58.4 Å². The zero-order valence-corrected chi connectivity index (χ0v) is 13.0. The van der Waals surface area contributed by atoms with E-state index in [1.165, 1.54) is 4.88 Å². The number of hydrogen-bond acceptors (Lipinski definition) is 4. The Labute approximate surface area is 131 Å². The summed E-state index contributed by atoms with van der Waals surface area (Å²) in [6.45, 7) is 2.91. The third kappa shape index (κ3) is 3.45. The number of halogens is 1. The summed E-state index contributed by atoms with van der Waals surface area (Å²) >= 11 is 7.63. The van der Waals surface area contributed by atoms with Crippen LogP contribution in [0.4, 0.5) is 0 Å². The lowest BCUT2D eigenvalue weighted by Gasteiger charge is -2.31. The first-order chi connectivity index (χ1) is 10.1. The van der Waals surface area contributed by atoms with Crippen LogP contribution in [-0.4, -0.2) is 38.8 Å². The Balaban J connectivity index is 1.55. The summed E-state index contributed by atoms with van der Waals surface area (Å²) in [5, 5.41) is 15.8. The van der Waals surface area contributed by atoms with Crippen molar-refractivity contribution in [2.24, 2.45) is 0 Å². The standard InChI is InChI=1S/C14H16ClN3O2S/c15-10-7-12(21-9-10)8-17-4-1-11(2-5-17)18-6-3-13(16-18)14(19)20/h3,6-7,9,11H,1-2,4-5,8H2,(H,19,20). The minimum absolute atomic E-state index is 0.116. The van der Waals surface area contributed by atoms with Crippen molar-refractivity contribution >= 4 is 28.9 Å². The first-order valence-electron chi connectivity index (χ1n) is 6.85. The molecule has 0 spiro atoms. The third-order valence-electron chi connectivity index (χ3n) is 3.76. The molecule has 0 radical (unpaired) electrons. The minimum Gasteiger partial charge on any atom is -0.476 e. The van der Waals surface area contributed by atoms with Gasteiger partial charge in [0.15, 0.2) is 5.69 Å². The van der Waals surface area contributed by atoms with Gasteiger partial charge in [-0.15, -0.1) is 11.3 Å². The molecule has 1 saturated heterocycles. The fourth-order valence-corrected chi connectivity index (χ4v) is 3.77. The molecule has 0 bridgehead atoms. The lowest BCUT2D eigenvalue weighted by Crippen LogP contribution is -2.34. The molecular formula is C14H16ClN3O2S. The average molecular weight is 326 g/mol. The number of likely N-dealkylation sites (tertiary alicyclic amines) is 1. The van der Waals surface area contributed by atoms with Gasteiger partial charge in [-0.05, 0) is 25.0 Å². The molecule has 21 heavy (non-hydrogen) atoms. The fourth-order valence-electron chi connectivity index (χ4n) is 2.65. The van der Waals surface area contributed by atoms with Crippen LogP contribution in [0.25, 0.3) is 0 Å². The summed E-state index contributed by atoms with van der Waals surface area (Å²) in [6, 6.07) is 3.87. The molecule has 3 heterocycles. The number of carbonyl (C=O) groups is 1. The summed E-state index contributed by atoms with van der Waals surface area (Å²) in [4.78, 5) is 14.5. The molecule has 7 heteroatoms. The van der Waals surface area contributed by atoms with Crippen LogP contribution >= 0.6 is 22.9 Å². The Kier molecular flexibility index (Phi) is 4.28. The third-order valence-corrected chi connectivity index (χ3v) is 5.03. The quantitative estimate of drug-likeness (QED) is 0.938. The normalized spacial score (nSPS) is 17.2. The second kappa shape index (κ2) is 6.17. The maximum absolute atomic E-state index is 10.9. The van der Waals surface area contributed by atoms with Gasteiger partial charge in [0.2, 0.25) is 0 Å². The number of piperidine rings is 1. The summed E-state index contributed by atoms with van der Waals surface area (Å²) in [7, 11) is 0. The second-order valence-corrected chi connectivity index (χ2v) is 6.66. The number of carboxylic acids is 1. The van der Waals surface area contributed by atoms with Gasteiger partial charge in [0, 0.05) is 36.1 Å². The Morgan fingerprint density at radius 1 is 1.48 bits per heavy atom. The Morgan fingerprint density at radius 2 is 2.24 bits per heavy atom. The zero-order valence-electron chi connectivity index (χ0n) is 11.4. The van der Waals surface area contributed by atoms with Gasteiger partial charge in [0.05, 0.1) is 11.1 Å². The lowest BCUT2D eigenvalue weighted by atomic mass is 10.1. The van der Waals surface area contributed by atoms with E-state index in [0.717, 1.165) is 37.5 Å². The number of aromatic nitrogens is 2. The van der Waals surface area contributed by atoms with Crippen LogP contribution in [0.1, 0.15) is 34.2 Å². The van der Waals surface area contributed by atoms with Crippen LogP contribution in [0, 0.1) is 0 Å². The van der Waals surface area contributed by atoms with Gasteiger partial charge in [-0.2, -0.15) is 5.10 Å². The maximum atomic E-state index is 10.9. The molecule has 0 unspecified atom stereocenters. The molecule has 0 amide bonds. The van der Waals surface area contributed by atoms with Gasteiger partial charge in [-0.25, -0.2) is 4.79 Å². The van der Waals surface area contributed by atoms with Crippen LogP contribution < -0.4 is 0 Å². The smallest absolute Gasteiger partial charge is 0.356 e. The molecule has 1 aliphatic heterocycles. The molecular weight excluding hydrogens is 310 g/mol. The zero-order chi connectivity index (χ0) is 14.8. The van der Waals surface area contributed by atoms with Crippen molar-refractivity contribution in [3.63, 3.8) is 0 Å². The summed E-state index contributed by atoms with van der Waals surface area (Å²) in [5.41, 5.74) is 0.116. The van der Waals surface area contributed by atoms with E-state index >= 15 is 0 Å². The number of carboxylic acid groups (broad SMARTS) is 1. The van der Waals surface area contributed by atoms with E-state index in [-0.39, 0.29) is 5.69 Å². The molecule has 0 aliphatic carbocycles. The van der Waals surface area contributed by atoms with Crippen LogP contribution in [-0.2, 0) is 6.54 Å². The highest BCUT2D eigenvalue weighted by Gasteiger charge is 2.22. The van der Waals surface area contributed by atoms with E-state index < -0.39 is 5.97 Å². The molecule has 1 N–H and O–H groups in total. The van der Waals surface area contributed by atoms with Crippen molar-refractivity contribution in [3.8, 4) is 0 Å². The van der Waals surface area contributed by atoms with Crippen molar-refractivity contribution in [3.05, 3.63) is 39.3 Å².